The molecule has 0 heterocycles. The van der Waals surface area contributed by atoms with Gasteiger partial charge >= 0.3 is 0 Å². The summed E-state index contributed by atoms with van der Waals surface area (Å²) in [4.78, 5) is 0. The van der Waals surface area contributed by atoms with Gasteiger partial charge in [-0.05, 0) is 37.1 Å². The molecule has 0 amide bonds. The van der Waals surface area contributed by atoms with E-state index in [4.69, 9.17) is 0 Å². The van der Waals surface area contributed by atoms with Gasteiger partial charge in [0.2, 0.25) is 0 Å². The van der Waals surface area contributed by atoms with E-state index in [1.54, 1.807) is 12.1 Å². The lowest BCUT2D eigenvalue weighted by Gasteiger charge is -2.09. The van der Waals surface area contributed by atoms with Crippen molar-refractivity contribution < 1.29 is 8.42 Å². The fourth-order valence-electron chi connectivity index (χ4n) is 1.57. The van der Waals surface area contributed by atoms with E-state index in [-0.39, 0.29) is 6.04 Å². The van der Waals surface area contributed by atoms with Crippen molar-refractivity contribution in [2.75, 3.05) is 11.3 Å². The van der Waals surface area contributed by atoms with Crippen LogP contribution in [0.25, 0.3) is 0 Å². The van der Waals surface area contributed by atoms with E-state index >= 15 is 0 Å². The Morgan fingerprint density at radius 2 is 1.89 bits per heavy atom. The maximum Gasteiger partial charge on any atom is 0.299 e. The van der Waals surface area contributed by atoms with E-state index in [1.807, 2.05) is 19.1 Å². The molecule has 6 heteroatoms. The van der Waals surface area contributed by atoms with Crippen LogP contribution in [0.3, 0.4) is 0 Å². The maximum atomic E-state index is 11.7. The molecule has 100 valence electrons. The topological polar surface area (TPSA) is 70.2 Å². The Hall–Kier alpha value is -1.11. The third-order valence-corrected chi connectivity index (χ3v) is 3.83. The summed E-state index contributed by atoms with van der Waals surface area (Å²) in [6.45, 7) is 3.76. The smallest absolute Gasteiger partial charge is 0.299 e. The van der Waals surface area contributed by atoms with Gasteiger partial charge in [0.25, 0.3) is 10.2 Å². The average molecular weight is 269 g/mol. The molecule has 18 heavy (non-hydrogen) atoms. The summed E-state index contributed by atoms with van der Waals surface area (Å²) in [6.07, 6.45) is 1.87. The number of benzene rings is 1. The fourth-order valence-corrected chi connectivity index (χ4v) is 2.75. The second kappa shape index (κ2) is 5.69. The van der Waals surface area contributed by atoms with Crippen LogP contribution >= 0.6 is 0 Å². The molecule has 0 atom stereocenters. The van der Waals surface area contributed by atoms with E-state index < -0.39 is 10.2 Å². The Bertz CT molecular complexity index is 481. The van der Waals surface area contributed by atoms with Crippen LogP contribution in [0.2, 0.25) is 0 Å². The lowest BCUT2D eigenvalue weighted by atomic mass is 10.2. The molecule has 1 fully saturated rings. The molecule has 0 bridgehead atoms. The van der Waals surface area contributed by atoms with Crippen LogP contribution in [0, 0.1) is 0 Å². The zero-order chi connectivity index (χ0) is 13.0. The molecule has 0 radical (unpaired) electrons. The van der Waals surface area contributed by atoms with Crippen molar-refractivity contribution in [1.82, 2.24) is 10.0 Å². The first-order chi connectivity index (χ1) is 8.59. The van der Waals surface area contributed by atoms with Gasteiger partial charge in [-0.15, -0.1) is 0 Å². The number of hydrogen-bond donors (Lipinski definition) is 3. The highest BCUT2D eigenvalue weighted by molar-refractivity contribution is 7.90. The van der Waals surface area contributed by atoms with Crippen LogP contribution in [-0.4, -0.2) is 21.0 Å². The van der Waals surface area contributed by atoms with Crippen molar-refractivity contribution in [3.05, 3.63) is 29.8 Å². The second-order valence-electron chi connectivity index (χ2n) is 4.47. The van der Waals surface area contributed by atoms with Crippen LogP contribution in [0.15, 0.2) is 24.3 Å². The van der Waals surface area contributed by atoms with Gasteiger partial charge in [-0.25, -0.2) is 0 Å². The summed E-state index contributed by atoms with van der Waals surface area (Å²) in [5, 5.41) is 3.22. The van der Waals surface area contributed by atoms with Gasteiger partial charge in [0.05, 0.1) is 0 Å². The van der Waals surface area contributed by atoms with E-state index in [2.05, 4.69) is 14.8 Å². The van der Waals surface area contributed by atoms with Crippen molar-refractivity contribution in [3.63, 3.8) is 0 Å². The Morgan fingerprint density at radius 1 is 1.22 bits per heavy atom. The third kappa shape index (κ3) is 4.29. The molecule has 0 saturated heterocycles. The Labute approximate surface area is 108 Å². The SMILES string of the molecule is CCNCc1ccc(NS(=O)(=O)NC2CC2)cc1. The van der Waals surface area contributed by atoms with Crippen molar-refractivity contribution >= 4 is 15.9 Å². The molecular formula is C12H19N3O2S. The van der Waals surface area contributed by atoms with Gasteiger partial charge in [-0.3, -0.25) is 4.72 Å². The molecule has 0 unspecified atom stereocenters. The Morgan fingerprint density at radius 3 is 2.44 bits per heavy atom. The quantitative estimate of drug-likeness (QED) is 0.696. The first-order valence-electron chi connectivity index (χ1n) is 6.19. The standard InChI is InChI=1S/C12H19N3O2S/c1-2-13-9-10-3-5-11(6-4-10)14-18(16,17)15-12-7-8-12/h3-6,12-15H,2,7-9H2,1H3. The van der Waals surface area contributed by atoms with Crippen LogP contribution in [-0.2, 0) is 16.8 Å². The number of anilines is 1. The summed E-state index contributed by atoms with van der Waals surface area (Å²) in [6, 6.07) is 7.50. The fraction of sp³-hybridized carbons (Fsp3) is 0.500. The first-order valence-corrected chi connectivity index (χ1v) is 7.67. The largest absolute Gasteiger partial charge is 0.313 e. The highest BCUT2D eigenvalue weighted by Crippen LogP contribution is 2.20. The lowest BCUT2D eigenvalue weighted by Crippen LogP contribution is -2.31. The molecule has 0 aromatic heterocycles. The van der Waals surface area contributed by atoms with Gasteiger partial charge in [-0.2, -0.15) is 13.1 Å². The van der Waals surface area contributed by atoms with Crippen LogP contribution in [0.1, 0.15) is 25.3 Å². The summed E-state index contributed by atoms with van der Waals surface area (Å²) in [5.41, 5.74) is 1.72. The summed E-state index contributed by atoms with van der Waals surface area (Å²) in [7, 11) is -3.42. The van der Waals surface area contributed by atoms with Crippen LogP contribution in [0.5, 0.6) is 0 Å². The predicted molar refractivity (Wildman–Crippen MR) is 72.5 cm³/mol. The minimum absolute atomic E-state index is 0.121. The summed E-state index contributed by atoms with van der Waals surface area (Å²) >= 11 is 0. The van der Waals surface area contributed by atoms with Crippen molar-refractivity contribution in [3.8, 4) is 0 Å². The van der Waals surface area contributed by atoms with Crippen molar-refractivity contribution in [2.45, 2.75) is 32.4 Å². The van der Waals surface area contributed by atoms with E-state index in [0.29, 0.717) is 5.69 Å². The van der Waals surface area contributed by atoms with Crippen molar-refractivity contribution in [2.24, 2.45) is 0 Å². The average Bonchev–Trinajstić information content (AvgIpc) is 3.11. The molecule has 1 aromatic carbocycles. The van der Waals surface area contributed by atoms with Crippen LogP contribution in [0.4, 0.5) is 5.69 Å². The molecule has 1 aromatic rings. The predicted octanol–water partition coefficient (Wildman–Crippen LogP) is 1.20. The molecule has 2 rings (SSSR count). The van der Waals surface area contributed by atoms with Gasteiger partial charge in [0.1, 0.15) is 0 Å². The van der Waals surface area contributed by atoms with E-state index in [0.717, 1.165) is 31.5 Å². The summed E-state index contributed by atoms with van der Waals surface area (Å²) < 4.78 is 28.4. The molecule has 0 spiro atoms. The molecule has 1 saturated carbocycles. The van der Waals surface area contributed by atoms with E-state index in [1.165, 1.54) is 0 Å². The van der Waals surface area contributed by atoms with Gasteiger partial charge in [0.15, 0.2) is 0 Å². The number of rotatable bonds is 7. The first kappa shape index (κ1) is 13.3. The molecule has 3 N–H and O–H groups in total. The van der Waals surface area contributed by atoms with Crippen molar-refractivity contribution in [1.29, 1.82) is 0 Å². The number of hydrogen-bond acceptors (Lipinski definition) is 3. The third-order valence-electron chi connectivity index (χ3n) is 2.68. The Kier molecular flexibility index (Phi) is 4.21. The molecule has 5 nitrogen and oxygen atoms in total. The zero-order valence-electron chi connectivity index (χ0n) is 10.4. The van der Waals surface area contributed by atoms with E-state index in [9.17, 15) is 8.42 Å². The van der Waals surface area contributed by atoms with Gasteiger partial charge < -0.3 is 5.32 Å². The van der Waals surface area contributed by atoms with Crippen LogP contribution < -0.4 is 14.8 Å². The minimum atomic E-state index is -3.42. The molecule has 1 aliphatic carbocycles. The van der Waals surface area contributed by atoms with Gasteiger partial charge in [-0.1, -0.05) is 19.1 Å². The highest BCUT2D eigenvalue weighted by Gasteiger charge is 2.26. The maximum absolute atomic E-state index is 11.7. The lowest BCUT2D eigenvalue weighted by molar-refractivity contribution is 0.586. The monoisotopic (exact) mass is 269 g/mol. The molecule has 1 aliphatic rings. The number of nitrogens with one attached hydrogen (secondary N) is 3. The zero-order valence-corrected chi connectivity index (χ0v) is 11.3. The second-order valence-corrected chi connectivity index (χ2v) is 5.92. The molecule has 0 aliphatic heterocycles. The summed E-state index contributed by atoms with van der Waals surface area (Å²) in [5.74, 6) is 0. The minimum Gasteiger partial charge on any atom is -0.313 e. The Balaban J connectivity index is 1.92. The highest BCUT2D eigenvalue weighted by atomic mass is 32.2. The molecular weight excluding hydrogens is 250 g/mol. The normalized spacial score (nSPS) is 15.6. The van der Waals surface area contributed by atoms with Gasteiger partial charge in [0, 0.05) is 18.3 Å².